The minimum absolute atomic E-state index is 0.0537. The van der Waals surface area contributed by atoms with Crippen molar-refractivity contribution in [1.82, 2.24) is 4.90 Å². The first kappa shape index (κ1) is 11.8. The van der Waals surface area contributed by atoms with E-state index in [2.05, 4.69) is 0 Å². The van der Waals surface area contributed by atoms with Gasteiger partial charge in [0.1, 0.15) is 0 Å². The van der Waals surface area contributed by atoms with E-state index in [0.29, 0.717) is 13.0 Å². The molecule has 1 aliphatic heterocycles. The molecule has 1 heterocycles. The van der Waals surface area contributed by atoms with Crippen molar-refractivity contribution >= 4 is 0 Å². The Morgan fingerprint density at radius 2 is 2.14 bits per heavy atom. The Hall–Kier alpha value is -0.290. The van der Waals surface area contributed by atoms with Crippen molar-refractivity contribution in [2.45, 2.75) is 32.0 Å². The van der Waals surface area contributed by atoms with Crippen molar-refractivity contribution in [2.75, 3.05) is 19.6 Å². The van der Waals surface area contributed by atoms with Crippen LogP contribution in [0.15, 0.2) is 0 Å². The first-order valence-electron chi connectivity index (χ1n) is 4.94. The van der Waals surface area contributed by atoms with Gasteiger partial charge in [-0.1, -0.05) is 0 Å². The lowest BCUT2D eigenvalue weighted by molar-refractivity contribution is -0.186. The van der Waals surface area contributed by atoms with E-state index in [1.54, 1.807) is 0 Å². The third-order valence-electron chi connectivity index (χ3n) is 2.51. The summed E-state index contributed by atoms with van der Waals surface area (Å²) in [5, 5.41) is 0. The molecule has 0 radical (unpaired) electrons. The summed E-state index contributed by atoms with van der Waals surface area (Å²) in [6, 6.07) is -0.0537. The molecule has 0 amide bonds. The predicted octanol–water partition coefficient (Wildman–Crippen LogP) is 1.61. The molecule has 0 aromatic carbocycles. The van der Waals surface area contributed by atoms with Crippen molar-refractivity contribution in [3.63, 3.8) is 0 Å². The van der Waals surface area contributed by atoms with Gasteiger partial charge in [-0.3, -0.25) is 0 Å². The quantitative estimate of drug-likeness (QED) is 0.750. The summed E-state index contributed by atoms with van der Waals surface area (Å²) in [4.78, 5) is 1.81. The Labute approximate surface area is 82.2 Å². The molecule has 0 saturated carbocycles. The number of hydrogen-bond acceptors (Lipinski definition) is 2. The van der Waals surface area contributed by atoms with Crippen LogP contribution in [0.3, 0.4) is 0 Å². The Balaban J connectivity index is 2.44. The Morgan fingerprint density at radius 3 is 2.64 bits per heavy atom. The highest BCUT2D eigenvalue weighted by atomic mass is 19.4. The lowest BCUT2D eigenvalue weighted by Crippen LogP contribution is -2.45. The van der Waals surface area contributed by atoms with E-state index >= 15 is 0 Å². The molecule has 0 aromatic heterocycles. The highest BCUT2D eigenvalue weighted by molar-refractivity contribution is 4.79. The summed E-state index contributed by atoms with van der Waals surface area (Å²) in [6.45, 7) is 3.24. The van der Waals surface area contributed by atoms with Crippen LogP contribution in [-0.4, -0.2) is 36.8 Å². The van der Waals surface area contributed by atoms with Gasteiger partial charge in [0.2, 0.25) is 0 Å². The lowest BCUT2D eigenvalue weighted by Gasteiger charge is -2.34. The molecular weight excluding hydrogens is 193 g/mol. The highest BCUT2D eigenvalue weighted by Crippen LogP contribution is 2.32. The molecule has 2 atom stereocenters. The molecule has 14 heavy (non-hydrogen) atoms. The van der Waals surface area contributed by atoms with Gasteiger partial charge in [-0.2, -0.15) is 13.2 Å². The van der Waals surface area contributed by atoms with Crippen molar-refractivity contribution in [3.05, 3.63) is 0 Å². The van der Waals surface area contributed by atoms with Crippen LogP contribution in [0.5, 0.6) is 0 Å². The van der Waals surface area contributed by atoms with E-state index in [0.717, 1.165) is 6.54 Å². The molecule has 1 unspecified atom stereocenters. The minimum atomic E-state index is -4.05. The number of rotatable bonds is 2. The van der Waals surface area contributed by atoms with Crippen LogP contribution in [-0.2, 0) is 0 Å². The van der Waals surface area contributed by atoms with Crippen molar-refractivity contribution in [2.24, 2.45) is 11.7 Å². The number of nitrogens with zero attached hydrogens (tertiary/aromatic N) is 1. The van der Waals surface area contributed by atoms with Crippen LogP contribution >= 0.6 is 0 Å². The average Bonchev–Trinajstić information content (AvgIpc) is 2.01. The summed E-state index contributed by atoms with van der Waals surface area (Å²) in [5.74, 6) is -1.16. The Bertz CT molecular complexity index is 179. The standard InChI is InChI=1S/C9H17F3N2/c1-7(13)5-14-4-2-3-8(6-14)9(10,11)12/h7-8H,2-6,13H2,1H3/t7-,8?/m0/s1. The third-order valence-corrected chi connectivity index (χ3v) is 2.51. The van der Waals surface area contributed by atoms with Gasteiger partial charge < -0.3 is 10.6 Å². The van der Waals surface area contributed by atoms with Gasteiger partial charge in [-0.15, -0.1) is 0 Å². The highest BCUT2D eigenvalue weighted by Gasteiger charge is 2.41. The molecule has 2 nitrogen and oxygen atoms in total. The number of piperidine rings is 1. The molecule has 1 fully saturated rings. The number of halogens is 3. The zero-order chi connectivity index (χ0) is 10.8. The molecule has 5 heteroatoms. The van der Waals surface area contributed by atoms with Crippen LogP contribution in [0.25, 0.3) is 0 Å². The summed E-state index contributed by atoms with van der Waals surface area (Å²) >= 11 is 0. The van der Waals surface area contributed by atoms with Gasteiger partial charge in [0.25, 0.3) is 0 Å². The monoisotopic (exact) mass is 210 g/mol. The van der Waals surface area contributed by atoms with Gasteiger partial charge in [-0.25, -0.2) is 0 Å². The van der Waals surface area contributed by atoms with E-state index in [4.69, 9.17) is 5.73 Å². The first-order valence-corrected chi connectivity index (χ1v) is 4.94. The van der Waals surface area contributed by atoms with E-state index < -0.39 is 12.1 Å². The van der Waals surface area contributed by atoms with Gasteiger partial charge in [-0.05, 0) is 26.3 Å². The first-order chi connectivity index (χ1) is 6.39. The summed E-state index contributed by atoms with van der Waals surface area (Å²) in [7, 11) is 0. The number of alkyl halides is 3. The predicted molar refractivity (Wildman–Crippen MR) is 48.9 cm³/mol. The molecule has 0 aliphatic carbocycles. The summed E-state index contributed by atoms with van der Waals surface area (Å²) < 4.78 is 37.2. The van der Waals surface area contributed by atoms with Gasteiger partial charge in [0.15, 0.2) is 0 Å². The minimum Gasteiger partial charge on any atom is -0.327 e. The van der Waals surface area contributed by atoms with Crippen LogP contribution in [0, 0.1) is 5.92 Å². The van der Waals surface area contributed by atoms with E-state index in [1.165, 1.54) is 0 Å². The Kier molecular flexibility index (Phi) is 3.78. The van der Waals surface area contributed by atoms with Gasteiger partial charge in [0.05, 0.1) is 5.92 Å². The largest absolute Gasteiger partial charge is 0.393 e. The summed E-state index contributed by atoms with van der Waals surface area (Å²) in [5.41, 5.74) is 5.55. The SMILES string of the molecule is C[C@H](N)CN1CCCC(C(F)(F)F)C1. The van der Waals surface area contributed by atoms with Crippen molar-refractivity contribution in [1.29, 1.82) is 0 Å². The molecule has 0 aromatic rings. The number of hydrogen-bond donors (Lipinski definition) is 1. The normalized spacial score (nSPS) is 27.6. The van der Waals surface area contributed by atoms with E-state index in [1.807, 2.05) is 11.8 Å². The van der Waals surface area contributed by atoms with Gasteiger partial charge >= 0.3 is 6.18 Å². The van der Waals surface area contributed by atoms with Crippen molar-refractivity contribution in [3.8, 4) is 0 Å². The Morgan fingerprint density at radius 1 is 1.50 bits per heavy atom. The van der Waals surface area contributed by atoms with Gasteiger partial charge in [0, 0.05) is 19.1 Å². The molecule has 1 saturated heterocycles. The fraction of sp³-hybridized carbons (Fsp3) is 1.00. The topological polar surface area (TPSA) is 29.3 Å². The smallest absolute Gasteiger partial charge is 0.327 e. The van der Waals surface area contributed by atoms with E-state index in [9.17, 15) is 13.2 Å². The molecule has 1 rings (SSSR count). The number of likely N-dealkylation sites (tertiary alicyclic amines) is 1. The maximum absolute atomic E-state index is 12.4. The third kappa shape index (κ3) is 3.46. The average molecular weight is 210 g/mol. The zero-order valence-electron chi connectivity index (χ0n) is 8.35. The van der Waals surface area contributed by atoms with Crippen LogP contribution in [0.1, 0.15) is 19.8 Å². The maximum atomic E-state index is 12.4. The van der Waals surface area contributed by atoms with E-state index in [-0.39, 0.29) is 19.0 Å². The lowest BCUT2D eigenvalue weighted by atomic mass is 9.97. The summed E-state index contributed by atoms with van der Waals surface area (Å²) in [6.07, 6.45) is -3.16. The zero-order valence-corrected chi connectivity index (χ0v) is 8.35. The molecule has 0 spiro atoms. The maximum Gasteiger partial charge on any atom is 0.393 e. The molecule has 1 aliphatic rings. The number of nitrogens with two attached hydrogens (primary N) is 1. The molecule has 2 N–H and O–H groups in total. The van der Waals surface area contributed by atoms with Crippen LogP contribution in [0.2, 0.25) is 0 Å². The molecule has 84 valence electrons. The fourth-order valence-corrected chi connectivity index (χ4v) is 1.90. The second-order valence-corrected chi connectivity index (χ2v) is 4.12. The second kappa shape index (κ2) is 4.49. The molecular formula is C9H17F3N2. The molecule has 0 bridgehead atoms. The van der Waals surface area contributed by atoms with Crippen molar-refractivity contribution < 1.29 is 13.2 Å². The van der Waals surface area contributed by atoms with Crippen LogP contribution < -0.4 is 5.73 Å². The second-order valence-electron chi connectivity index (χ2n) is 4.12. The fourth-order valence-electron chi connectivity index (χ4n) is 1.90. The van der Waals surface area contributed by atoms with Crippen LogP contribution in [0.4, 0.5) is 13.2 Å².